The van der Waals surface area contributed by atoms with Crippen LogP contribution in [0.4, 0.5) is 24.5 Å². The molecule has 1 atom stereocenters. The third-order valence-corrected chi connectivity index (χ3v) is 4.41. The summed E-state index contributed by atoms with van der Waals surface area (Å²) >= 11 is 0. The maximum Gasteiger partial charge on any atom is 0.416 e. The summed E-state index contributed by atoms with van der Waals surface area (Å²) < 4.78 is 43.8. The van der Waals surface area contributed by atoms with E-state index in [0.717, 1.165) is 12.1 Å². The molecule has 0 saturated carbocycles. The number of ether oxygens (including phenoxy) is 1. The third kappa shape index (κ3) is 4.44. The van der Waals surface area contributed by atoms with Crippen LogP contribution in [0.15, 0.2) is 48.5 Å². The molecule has 8 heteroatoms. The zero-order valence-corrected chi connectivity index (χ0v) is 15.1. The number of anilines is 2. The van der Waals surface area contributed by atoms with Crippen LogP contribution >= 0.6 is 0 Å². The lowest BCUT2D eigenvalue weighted by Gasteiger charge is -2.17. The second-order valence-corrected chi connectivity index (χ2v) is 6.40. The Morgan fingerprint density at radius 1 is 1.21 bits per heavy atom. The molecule has 28 heavy (non-hydrogen) atoms. The number of carbonyl (C=O) groups excluding carboxylic acids is 2. The minimum absolute atomic E-state index is 0.00198. The summed E-state index contributed by atoms with van der Waals surface area (Å²) in [7, 11) is 0. The van der Waals surface area contributed by atoms with Crippen molar-refractivity contribution in [3.63, 3.8) is 0 Å². The minimum Gasteiger partial charge on any atom is -0.494 e. The summed E-state index contributed by atoms with van der Waals surface area (Å²) in [5, 5.41) is 2.48. The molecule has 0 aliphatic carbocycles. The predicted molar refractivity (Wildman–Crippen MR) is 98.1 cm³/mol. The molecule has 5 nitrogen and oxygen atoms in total. The van der Waals surface area contributed by atoms with Gasteiger partial charge in [-0.2, -0.15) is 13.2 Å². The van der Waals surface area contributed by atoms with E-state index in [-0.39, 0.29) is 24.6 Å². The van der Waals surface area contributed by atoms with Crippen LogP contribution in [0, 0.1) is 5.92 Å². The number of nitrogens with one attached hydrogen (secondary N) is 1. The van der Waals surface area contributed by atoms with Gasteiger partial charge in [0.2, 0.25) is 11.8 Å². The van der Waals surface area contributed by atoms with Crippen LogP contribution in [0.25, 0.3) is 0 Å². The Labute approximate surface area is 160 Å². The van der Waals surface area contributed by atoms with Crippen molar-refractivity contribution in [3.8, 4) is 5.75 Å². The average Bonchev–Trinajstić information content (AvgIpc) is 3.04. The van der Waals surface area contributed by atoms with Crippen LogP contribution < -0.4 is 15.0 Å². The fourth-order valence-electron chi connectivity index (χ4n) is 3.04. The Kier molecular flexibility index (Phi) is 5.58. The fraction of sp³-hybridized carbons (Fsp3) is 0.300. The molecule has 148 valence electrons. The molecule has 1 saturated heterocycles. The molecule has 0 spiro atoms. The van der Waals surface area contributed by atoms with E-state index < -0.39 is 23.6 Å². The number of benzene rings is 2. The normalized spacial score (nSPS) is 16.9. The molecule has 0 bridgehead atoms. The molecular formula is C20H19F3N2O3. The molecule has 0 radical (unpaired) electrons. The number of hydrogen-bond donors (Lipinski definition) is 1. The summed E-state index contributed by atoms with van der Waals surface area (Å²) in [5.41, 5.74) is -0.154. The number of amides is 2. The molecule has 0 aromatic heterocycles. The summed E-state index contributed by atoms with van der Waals surface area (Å²) in [5.74, 6) is -0.667. The molecule has 0 unspecified atom stereocenters. The number of halogens is 3. The van der Waals surface area contributed by atoms with Gasteiger partial charge in [-0.1, -0.05) is 6.07 Å². The molecular weight excluding hydrogens is 373 g/mol. The van der Waals surface area contributed by atoms with Gasteiger partial charge in [-0.15, -0.1) is 0 Å². The van der Waals surface area contributed by atoms with E-state index >= 15 is 0 Å². The van der Waals surface area contributed by atoms with Crippen molar-refractivity contribution >= 4 is 23.2 Å². The first-order valence-electron chi connectivity index (χ1n) is 8.79. The lowest BCUT2D eigenvalue weighted by atomic mass is 10.1. The Hall–Kier alpha value is -3.03. The summed E-state index contributed by atoms with van der Waals surface area (Å²) in [4.78, 5) is 26.2. The van der Waals surface area contributed by atoms with Gasteiger partial charge in [0.1, 0.15) is 5.75 Å². The van der Waals surface area contributed by atoms with Crippen molar-refractivity contribution in [1.29, 1.82) is 0 Å². The van der Waals surface area contributed by atoms with Gasteiger partial charge in [0.15, 0.2) is 0 Å². The number of carbonyl (C=O) groups is 2. The molecule has 2 aromatic carbocycles. The van der Waals surface area contributed by atoms with E-state index in [9.17, 15) is 22.8 Å². The van der Waals surface area contributed by atoms with Crippen molar-refractivity contribution in [2.75, 3.05) is 23.4 Å². The Morgan fingerprint density at radius 3 is 2.57 bits per heavy atom. The van der Waals surface area contributed by atoms with Crippen LogP contribution in [0.3, 0.4) is 0 Å². The summed E-state index contributed by atoms with van der Waals surface area (Å²) in [6, 6.07) is 11.4. The van der Waals surface area contributed by atoms with Crippen LogP contribution in [0.1, 0.15) is 18.9 Å². The van der Waals surface area contributed by atoms with Crippen molar-refractivity contribution in [2.24, 2.45) is 5.92 Å². The molecule has 1 fully saturated rings. The first kappa shape index (κ1) is 19.7. The van der Waals surface area contributed by atoms with E-state index in [1.807, 2.05) is 6.92 Å². The highest BCUT2D eigenvalue weighted by molar-refractivity contribution is 6.03. The Balaban J connectivity index is 1.67. The second-order valence-electron chi connectivity index (χ2n) is 6.40. The van der Waals surface area contributed by atoms with Gasteiger partial charge in [-0.25, -0.2) is 0 Å². The number of rotatable bonds is 5. The predicted octanol–water partition coefficient (Wildman–Crippen LogP) is 4.10. The molecule has 1 heterocycles. The van der Waals surface area contributed by atoms with Gasteiger partial charge in [0.05, 0.1) is 18.1 Å². The van der Waals surface area contributed by atoms with Gasteiger partial charge in [-0.05, 0) is 49.4 Å². The molecule has 3 rings (SSSR count). The summed E-state index contributed by atoms with van der Waals surface area (Å²) in [6.45, 7) is 2.56. The minimum atomic E-state index is -4.49. The van der Waals surface area contributed by atoms with E-state index in [2.05, 4.69) is 5.32 Å². The standard InChI is InChI=1S/C20H19F3N2O3/c1-2-28-17-8-6-16(7-9-17)25-12-13(10-18(25)26)19(27)24-15-5-3-4-14(11-15)20(21,22)23/h3-9,11,13H,2,10,12H2,1H3,(H,24,27)/t13-/m0/s1. The smallest absolute Gasteiger partial charge is 0.416 e. The van der Waals surface area contributed by atoms with E-state index in [1.165, 1.54) is 17.0 Å². The van der Waals surface area contributed by atoms with E-state index in [0.29, 0.717) is 18.0 Å². The third-order valence-electron chi connectivity index (χ3n) is 4.41. The molecule has 1 N–H and O–H groups in total. The van der Waals surface area contributed by atoms with Crippen molar-refractivity contribution in [3.05, 3.63) is 54.1 Å². The number of hydrogen-bond acceptors (Lipinski definition) is 3. The quantitative estimate of drug-likeness (QED) is 0.834. The SMILES string of the molecule is CCOc1ccc(N2C[C@@H](C(=O)Nc3cccc(C(F)(F)F)c3)CC2=O)cc1. The molecule has 2 amide bonds. The van der Waals surface area contributed by atoms with Crippen LogP contribution in [0.5, 0.6) is 5.75 Å². The van der Waals surface area contributed by atoms with Crippen LogP contribution in [-0.2, 0) is 15.8 Å². The van der Waals surface area contributed by atoms with Gasteiger partial charge in [-0.3, -0.25) is 9.59 Å². The van der Waals surface area contributed by atoms with Gasteiger partial charge in [0.25, 0.3) is 0 Å². The maximum absolute atomic E-state index is 12.8. The Morgan fingerprint density at radius 2 is 1.93 bits per heavy atom. The van der Waals surface area contributed by atoms with Gasteiger partial charge < -0.3 is 15.0 Å². The molecule has 1 aliphatic rings. The van der Waals surface area contributed by atoms with Crippen LogP contribution in [-0.4, -0.2) is 25.0 Å². The van der Waals surface area contributed by atoms with Gasteiger partial charge in [0, 0.05) is 24.3 Å². The molecule has 2 aromatic rings. The zero-order chi connectivity index (χ0) is 20.3. The topological polar surface area (TPSA) is 58.6 Å². The fourth-order valence-corrected chi connectivity index (χ4v) is 3.04. The first-order valence-corrected chi connectivity index (χ1v) is 8.79. The lowest BCUT2D eigenvalue weighted by molar-refractivity contribution is -0.137. The highest BCUT2D eigenvalue weighted by Crippen LogP contribution is 2.31. The number of alkyl halides is 3. The van der Waals surface area contributed by atoms with E-state index in [4.69, 9.17) is 4.74 Å². The maximum atomic E-state index is 12.8. The van der Waals surface area contributed by atoms with E-state index in [1.54, 1.807) is 24.3 Å². The molecule has 1 aliphatic heterocycles. The number of nitrogens with zero attached hydrogens (tertiary/aromatic N) is 1. The monoisotopic (exact) mass is 392 g/mol. The first-order chi connectivity index (χ1) is 13.3. The highest BCUT2D eigenvalue weighted by Gasteiger charge is 2.35. The average molecular weight is 392 g/mol. The highest BCUT2D eigenvalue weighted by atomic mass is 19.4. The van der Waals surface area contributed by atoms with Crippen LogP contribution in [0.2, 0.25) is 0 Å². The lowest BCUT2D eigenvalue weighted by Crippen LogP contribution is -2.28. The van der Waals surface area contributed by atoms with Crippen molar-refractivity contribution in [2.45, 2.75) is 19.5 Å². The zero-order valence-electron chi connectivity index (χ0n) is 15.1. The summed E-state index contributed by atoms with van der Waals surface area (Å²) in [6.07, 6.45) is -4.49. The van der Waals surface area contributed by atoms with Crippen molar-refractivity contribution in [1.82, 2.24) is 0 Å². The second kappa shape index (κ2) is 7.92. The van der Waals surface area contributed by atoms with Crippen molar-refractivity contribution < 1.29 is 27.5 Å². The Bertz CT molecular complexity index is 866. The van der Waals surface area contributed by atoms with Gasteiger partial charge >= 0.3 is 6.18 Å². The largest absolute Gasteiger partial charge is 0.494 e.